The van der Waals surface area contributed by atoms with Gasteiger partial charge in [0.1, 0.15) is 5.76 Å². The fourth-order valence-electron chi connectivity index (χ4n) is 4.14. The highest BCUT2D eigenvalue weighted by Crippen LogP contribution is 2.44. The van der Waals surface area contributed by atoms with Gasteiger partial charge < -0.3 is 5.11 Å². The third-order valence-corrected chi connectivity index (χ3v) is 7.28. The minimum atomic E-state index is -0.829. The summed E-state index contributed by atoms with van der Waals surface area (Å²) in [4.78, 5) is 32.7. The van der Waals surface area contributed by atoms with E-state index in [0.717, 1.165) is 22.2 Å². The van der Waals surface area contributed by atoms with Crippen LogP contribution in [0.2, 0.25) is 5.02 Å². The van der Waals surface area contributed by atoms with Crippen LogP contribution in [0.5, 0.6) is 0 Å². The predicted molar refractivity (Wildman–Crippen MR) is 136 cm³/mol. The Balaban J connectivity index is 1.71. The molecule has 0 saturated carbocycles. The largest absolute Gasteiger partial charge is 0.507 e. The van der Waals surface area contributed by atoms with Gasteiger partial charge in [0.05, 0.1) is 21.8 Å². The number of aliphatic hydroxyl groups is 1. The second kappa shape index (κ2) is 8.70. The monoisotopic (exact) mass is 488 g/mol. The van der Waals surface area contributed by atoms with Gasteiger partial charge in [0.2, 0.25) is 0 Å². The first-order valence-corrected chi connectivity index (χ1v) is 12.1. The minimum absolute atomic E-state index is 0.0321. The van der Waals surface area contributed by atoms with Crippen molar-refractivity contribution in [1.29, 1.82) is 0 Å². The van der Waals surface area contributed by atoms with E-state index in [1.165, 1.54) is 21.8 Å². The van der Waals surface area contributed by atoms with E-state index >= 15 is 0 Å². The van der Waals surface area contributed by atoms with E-state index in [-0.39, 0.29) is 11.3 Å². The van der Waals surface area contributed by atoms with E-state index in [1.807, 2.05) is 31.2 Å². The van der Waals surface area contributed by atoms with Crippen LogP contribution in [-0.4, -0.2) is 21.8 Å². The van der Waals surface area contributed by atoms with Gasteiger partial charge in [-0.3, -0.25) is 14.5 Å². The lowest BCUT2D eigenvalue weighted by Gasteiger charge is -2.23. The molecule has 1 saturated heterocycles. The molecule has 3 aromatic carbocycles. The van der Waals surface area contributed by atoms with E-state index in [4.69, 9.17) is 11.6 Å². The molecular formula is C27H21ClN2O3S. The number of fused-ring (bicyclic) bond motifs is 1. The number of carbonyl (C=O) groups excluding carboxylic acids is 2. The third-order valence-electron chi connectivity index (χ3n) is 6.01. The highest BCUT2D eigenvalue weighted by molar-refractivity contribution is 7.22. The lowest BCUT2D eigenvalue weighted by atomic mass is 9.95. The van der Waals surface area contributed by atoms with Crippen molar-refractivity contribution >= 4 is 55.7 Å². The molecule has 1 amide bonds. The topological polar surface area (TPSA) is 70.5 Å². The molecule has 1 N–H and O–H groups in total. The Bertz CT molecular complexity index is 1460. The zero-order valence-electron chi connectivity index (χ0n) is 18.6. The molecule has 0 spiro atoms. The quantitative estimate of drug-likeness (QED) is 0.204. The van der Waals surface area contributed by atoms with Gasteiger partial charge in [0, 0.05) is 10.6 Å². The van der Waals surface area contributed by atoms with Crippen molar-refractivity contribution in [1.82, 2.24) is 4.98 Å². The number of thiazole rings is 1. The van der Waals surface area contributed by atoms with Crippen LogP contribution >= 0.6 is 22.9 Å². The molecule has 5 rings (SSSR count). The number of amides is 1. The number of rotatable bonds is 4. The number of aromatic nitrogens is 1. The number of ketones is 1. The highest BCUT2D eigenvalue weighted by atomic mass is 35.5. The van der Waals surface area contributed by atoms with Gasteiger partial charge in [-0.1, -0.05) is 77.9 Å². The Morgan fingerprint density at radius 2 is 1.76 bits per heavy atom. The SMILES string of the molecule is CCc1ccc2nc(N3C(=O)C(=O)C(=C(O)c4ccc(C)cc4)[C@H]3c3ccc(Cl)cc3)sc2c1. The predicted octanol–water partition coefficient (Wildman–Crippen LogP) is 6.45. The third kappa shape index (κ3) is 3.79. The van der Waals surface area contributed by atoms with Crippen molar-refractivity contribution in [2.24, 2.45) is 0 Å². The van der Waals surface area contributed by atoms with Crippen LogP contribution in [0.3, 0.4) is 0 Å². The van der Waals surface area contributed by atoms with Crippen molar-refractivity contribution in [3.63, 3.8) is 0 Å². The molecular weight excluding hydrogens is 468 g/mol. The summed E-state index contributed by atoms with van der Waals surface area (Å²) in [6, 6.07) is 19.3. The van der Waals surface area contributed by atoms with Crippen molar-refractivity contribution in [3.05, 3.63) is 99.6 Å². The number of carbonyl (C=O) groups is 2. The Kier molecular flexibility index (Phi) is 5.71. The van der Waals surface area contributed by atoms with Crippen molar-refractivity contribution < 1.29 is 14.7 Å². The molecule has 0 aliphatic carbocycles. The summed E-state index contributed by atoms with van der Waals surface area (Å²) in [5.41, 5.74) is 4.10. The number of nitrogens with zero attached hydrogens (tertiary/aromatic N) is 2. The van der Waals surface area contributed by atoms with Gasteiger partial charge in [-0.25, -0.2) is 4.98 Å². The summed E-state index contributed by atoms with van der Waals surface area (Å²) >= 11 is 7.46. The number of Topliss-reactive ketones (excluding diaryl/α,β-unsaturated/α-hetero) is 1. The number of hydrogen-bond donors (Lipinski definition) is 1. The van der Waals surface area contributed by atoms with E-state index in [0.29, 0.717) is 21.3 Å². The van der Waals surface area contributed by atoms with Gasteiger partial charge in [-0.15, -0.1) is 0 Å². The molecule has 0 radical (unpaired) electrons. The molecule has 0 unspecified atom stereocenters. The van der Waals surface area contributed by atoms with Crippen LogP contribution < -0.4 is 4.90 Å². The zero-order valence-corrected chi connectivity index (χ0v) is 20.2. The normalized spacial score (nSPS) is 17.6. The maximum atomic E-state index is 13.3. The van der Waals surface area contributed by atoms with Gasteiger partial charge in [-0.05, 0) is 48.7 Å². The number of halogens is 1. The first-order valence-electron chi connectivity index (χ1n) is 10.9. The molecule has 34 heavy (non-hydrogen) atoms. The molecule has 2 heterocycles. The molecule has 1 atom stereocenters. The zero-order chi connectivity index (χ0) is 24.0. The van der Waals surface area contributed by atoms with E-state index in [9.17, 15) is 14.7 Å². The van der Waals surface area contributed by atoms with Gasteiger partial charge >= 0.3 is 5.91 Å². The summed E-state index contributed by atoms with van der Waals surface area (Å²) in [7, 11) is 0. The van der Waals surface area contributed by atoms with E-state index in [1.54, 1.807) is 36.4 Å². The number of anilines is 1. The standard InChI is InChI=1S/C27H21ClN2O3S/c1-3-16-6-13-20-21(14-16)34-27(29-20)30-23(17-9-11-19(28)12-10-17)22(25(32)26(30)33)24(31)18-7-4-15(2)5-8-18/h4-14,23,31H,3H2,1-2H3/t23-/m1/s1. The molecule has 0 bridgehead atoms. The number of hydrogen-bond acceptors (Lipinski definition) is 5. The lowest BCUT2D eigenvalue weighted by molar-refractivity contribution is -0.132. The summed E-state index contributed by atoms with van der Waals surface area (Å²) in [5, 5.41) is 12.1. The highest BCUT2D eigenvalue weighted by Gasteiger charge is 2.48. The van der Waals surface area contributed by atoms with Crippen molar-refractivity contribution in [3.8, 4) is 0 Å². The number of aryl methyl sites for hydroxylation is 2. The summed E-state index contributed by atoms with van der Waals surface area (Å²) < 4.78 is 0.935. The molecule has 1 aromatic heterocycles. The molecule has 170 valence electrons. The van der Waals surface area contributed by atoms with Gasteiger partial charge in [-0.2, -0.15) is 0 Å². The molecule has 5 nitrogen and oxygen atoms in total. The number of aliphatic hydroxyl groups excluding tert-OH is 1. The van der Waals surface area contributed by atoms with Crippen LogP contribution in [0.25, 0.3) is 16.0 Å². The summed E-state index contributed by atoms with van der Waals surface area (Å²) in [6.45, 7) is 4.01. The smallest absolute Gasteiger partial charge is 0.301 e. The van der Waals surface area contributed by atoms with Crippen LogP contribution in [0.1, 0.15) is 35.2 Å². The van der Waals surface area contributed by atoms with Crippen LogP contribution in [-0.2, 0) is 16.0 Å². The average molecular weight is 489 g/mol. The Labute approximate surface area is 205 Å². The average Bonchev–Trinajstić information content (AvgIpc) is 3.37. The molecule has 4 aromatic rings. The Hall–Kier alpha value is -3.48. The molecule has 1 aliphatic rings. The Morgan fingerprint density at radius 3 is 2.44 bits per heavy atom. The van der Waals surface area contributed by atoms with Crippen molar-refractivity contribution in [2.45, 2.75) is 26.3 Å². The van der Waals surface area contributed by atoms with E-state index < -0.39 is 17.7 Å². The van der Waals surface area contributed by atoms with Crippen LogP contribution in [0, 0.1) is 6.92 Å². The summed E-state index contributed by atoms with van der Waals surface area (Å²) in [6.07, 6.45) is 0.884. The first kappa shape index (κ1) is 22.3. The van der Waals surface area contributed by atoms with Crippen LogP contribution in [0.15, 0.2) is 72.3 Å². The molecule has 1 fully saturated rings. The summed E-state index contributed by atoms with van der Waals surface area (Å²) in [5.74, 6) is -1.68. The van der Waals surface area contributed by atoms with Gasteiger partial charge in [0.25, 0.3) is 5.78 Å². The van der Waals surface area contributed by atoms with E-state index in [2.05, 4.69) is 18.0 Å². The maximum absolute atomic E-state index is 13.3. The second-order valence-electron chi connectivity index (χ2n) is 8.24. The first-order chi connectivity index (χ1) is 16.4. The van der Waals surface area contributed by atoms with Crippen molar-refractivity contribution in [2.75, 3.05) is 4.90 Å². The lowest BCUT2D eigenvalue weighted by Crippen LogP contribution is -2.29. The molecule has 7 heteroatoms. The number of benzene rings is 3. The fourth-order valence-corrected chi connectivity index (χ4v) is 5.32. The second-order valence-corrected chi connectivity index (χ2v) is 9.68. The fraction of sp³-hybridized carbons (Fsp3) is 0.148. The maximum Gasteiger partial charge on any atom is 0.301 e. The van der Waals surface area contributed by atoms with Gasteiger partial charge in [0.15, 0.2) is 5.13 Å². The minimum Gasteiger partial charge on any atom is -0.507 e. The Morgan fingerprint density at radius 1 is 1.06 bits per heavy atom. The molecule has 1 aliphatic heterocycles. The van der Waals surface area contributed by atoms with Crippen LogP contribution in [0.4, 0.5) is 5.13 Å².